The highest BCUT2D eigenvalue weighted by molar-refractivity contribution is 6.17. The number of primary amides is 1. The topological polar surface area (TPSA) is 142 Å². The summed E-state index contributed by atoms with van der Waals surface area (Å²) in [6.45, 7) is 0.821. The van der Waals surface area contributed by atoms with Crippen LogP contribution in [0.15, 0.2) is 60.4 Å². The Labute approximate surface area is 233 Å². The highest BCUT2D eigenvalue weighted by Gasteiger charge is 2.32. The highest BCUT2D eigenvalue weighted by Crippen LogP contribution is 2.36. The lowest BCUT2D eigenvalue weighted by atomic mass is 10.0. The van der Waals surface area contributed by atoms with Gasteiger partial charge in [0.2, 0.25) is 0 Å². The fourth-order valence-corrected chi connectivity index (χ4v) is 5.08. The van der Waals surface area contributed by atoms with E-state index in [1.54, 1.807) is 39.9 Å². The molecule has 0 unspecified atom stereocenters. The van der Waals surface area contributed by atoms with E-state index in [0.29, 0.717) is 47.6 Å². The van der Waals surface area contributed by atoms with Crippen LogP contribution < -0.4 is 16.2 Å². The van der Waals surface area contributed by atoms with Gasteiger partial charge in [0.25, 0.3) is 11.8 Å². The Bertz CT molecular complexity index is 1680. The molecule has 1 atom stereocenters. The van der Waals surface area contributed by atoms with E-state index in [2.05, 4.69) is 9.97 Å². The van der Waals surface area contributed by atoms with Crippen molar-refractivity contribution in [3.63, 3.8) is 0 Å². The zero-order valence-electron chi connectivity index (χ0n) is 22.0. The zero-order valence-corrected chi connectivity index (χ0v) is 22.0. The Morgan fingerprint density at radius 1 is 1.05 bits per heavy atom. The second-order valence-corrected chi connectivity index (χ2v) is 10.3. The summed E-state index contributed by atoms with van der Waals surface area (Å²) < 4.78 is 34.9. The molecule has 2 aromatic heterocycles. The number of carbonyl (C=O) groups excluding carboxylic acids is 2. The smallest absolute Gasteiger partial charge is 0.259 e. The van der Waals surface area contributed by atoms with Crippen molar-refractivity contribution in [2.24, 2.45) is 11.7 Å². The van der Waals surface area contributed by atoms with Gasteiger partial charge in [0.05, 0.1) is 11.4 Å². The normalized spacial score (nSPS) is 17.6. The van der Waals surface area contributed by atoms with E-state index in [-0.39, 0.29) is 35.0 Å². The number of likely N-dealkylation sites (tertiary alicyclic amines) is 1. The van der Waals surface area contributed by atoms with Crippen molar-refractivity contribution in [3.05, 3.63) is 72.1 Å². The maximum atomic E-state index is 14.0. The summed E-state index contributed by atoms with van der Waals surface area (Å²) in [6.07, 6.45) is 6.38. The average Bonchev–Trinajstić information content (AvgIpc) is 3.71. The molecule has 1 saturated heterocycles. The van der Waals surface area contributed by atoms with Crippen molar-refractivity contribution in [1.29, 1.82) is 0 Å². The Hall–Kier alpha value is -4.87. The third kappa shape index (κ3) is 5.32. The maximum Gasteiger partial charge on any atom is 0.259 e. The quantitative estimate of drug-likeness (QED) is 0.197. The van der Waals surface area contributed by atoms with Gasteiger partial charge in [-0.05, 0) is 68.0 Å². The third-order valence-electron chi connectivity index (χ3n) is 7.32. The molecule has 2 fully saturated rings. The van der Waals surface area contributed by atoms with Gasteiger partial charge >= 0.3 is 0 Å². The van der Waals surface area contributed by atoms with Gasteiger partial charge in [0.1, 0.15) is 35.0 Å². The first-order valence-electron chi connectivity index (χ1n) is 13.3. The monoisotopic (exact) mass is 559 g/mol. The molecule has 1 saturated carbocycles. The molecule has 1 aliphatic heterocycles. The molecule has 4 aromatic rings. The fourth-order valence-electron chi connectivity index (χ4n) is 5.08. The minimum absolute atomic E-state index is 0.0335. The summed E-state index contributed by atoms with van der Waals surface area (Å²) >= 11 is 0. The van der Waals surface area contributed by atoms with Crippen LogP contribution in [0.4, 0.5) is 14.6 Å². The molecular formula is C29H27F2N7O3. The molecule has 12 heteroatoms. The van der Waals surface area contributed by atoms with Gasteiger partial charge in [-0.2, -0.15) is 5.10 Å². The van der Waals surface area contributed by atoms with Crippen LogP contribution in [0.1, 0.15) is 31.7 Å². The Morgan fingerprint density at radius 2 is 1.83 bits per heavy atom. The molecule has 4 N–H and O–H groups in total. The summed E-state index contributed by atoms with van der Waals surface area (Å²) in [5.74, 6) is -1.84. The number of anilines is 1. The number of aromatic nitrogens is 4. The van der Waals surface area contributed by atoms with Gasteiger partial charge in [0, 0.05) is 24.7 Å². The van der Waals surface area contributed by atoms with E-state index in [4.69, 9.17) is 21.3 Å². The summed E-state index contributed by atoms with van der Waals surface area (Å²) in [5.41, 5.74) is 13.6. The number of fused-ring (bicyclic) bond motifs is 1. The second-order valence-electron chi connectivity index (χ2n) is 10.3. The van der Waals surface area contributed by atoms with Crippen LogP contribution in [-0.4, -0.2) is 49.6 Å². The highest BCUT2D eigenvalue weighted by atomic mass is 19.1. The van der Waals surface area contributed by atoms with E-state index >= 15 is 0 Å². The van der Waals surface area contributed by atoms with Crippen LogP contribution in [0.2, 0.25) is 0 Å². The van der Waals surface area contributed by atoms with Crippen molar-refractivity contribution in [2.75, 3.05) is 18.8 Å². The van der Waals surface area contributed by atoms with Gasteiger partial charge in [-0.25, -0.2) is 23.4 Å². The molecule has 2 aromatic carbocycles. The number of piperidine rings is 1. The van der Waals surface area contributed by atoms with E-state index in [1.807, 2.05) is 0 Å². The number of ether oxygens (including phenoxy) is 1. The van der Waals surface area contributed by atoms with Gasteiger partial charge in [0.15, 0.2) is 17.2 Å². The summed E-state index contributed by atoms with van der Waals surface area (Å²) in [4.78, 5) is 35.5. The summed E-state index contributed by atoms with van der Waals surface area (Å²) in [7, 11) is 0. The minimum atomic E-state index is -0.719. The van der Waals surface area contributed by atoms with Crippen molar-refractivity contribution < 1.29 is 23.1 Å². The van der Waals surface area contributed by atoms with E-state index in [9.17, 15) is 18.4 Å². The van der Waals surface area contributed by atoms with Crippen molar-refractivity contribution >= 4 is 28.7 Å². The van der Waals surface area contributed by atoms with E-state index < -0.39 is 17.5 Å². The fraction of sp³-hybridized carbons (Fsp3) is 0.276. The predicted molar refractivity (Wildman–Crippen MR) is 146 cm³/mol. The zero-order chi connectivity index (χ0) is 28.7. The number of amides is 2. The minimum Gasteiger partial charge on any atom is -0.454 e. The number of nitrogens with zero attached hydrogens (tertiary/aromatic N) is 5. The van der Waals surface area contributed by atoms with Crippen molar-refractivity contribution in [1.82, 2.24) is 24.6 Å². The lowest BCUT2D eigenvalue weighted by Crippen LogP contribution is -2.43. The van der Waals surface area contributed by atoms with E-state index in [0.717, 1.165) is 37.5 Å². The van der Waals surface area contributed by atoms with Gasteiger partial charge < -0.3 is 21.1 Å². The first-order valence-corrected chi connectivity index (χ1v) is 13.3. The molecular weight excluding hydrogens is 532 g/mol. The second kappa shape index (κ2) is 10.6. The summed E-state index contributed by atoms with van der Waals surface area (Å²) in [5, 5.41) is 5.40. The molecule has 2 aliphatic rings. The molecule has 0 radical (unpaired) electrons. The van der Waals surface area contributed by atoms with Crippen LogP contribution >= 0.6 is 0 Å². The van der Waals surface area contributed by atoms with Crippen molar-refractivity contribution in [2.45, 2.75) is 31.7 Å². The Morgan fingerprint density at radius 3 is 2.56 bits per heavy atom. The first kappa shape index (κ1) is 26.4. The van der Waals surface area contributed by atoms with Crippen LogP contribution in [-0.2, 0) is 9.59 Å². The number of hydrogen-bond acceptors (Lipinski definition) is 7. The molecule has 1 aliphatic carbocycles. The average molecular weight is 560 g/mol. The van der Waals surface area contributed by atoms with Gasteiger partial charge in [-0.3, -0.25) is 9.59 Å². The van der Waals surface area contributed by atoms with Gasteiger partial charge in [-0.1, -0.05) is 6.08 Å². The van der Waals surface area contributed by atoms with Crippen LogP contribution in [0.3, 0.4) is 0 Å². The maximum absolute atomic E-state index is 14.0. The number of benzene rings is 2. The number of hydrogen-bond donors (Lipinski definition) is 2. The number of halogens is 2. The molecule has 0 bridgehead atoms. The van der Waals surface area contributed by atoms with Crippen molar-refractivity contribution in [3.8, 4) is 22.8 Å². The lowest BCUT2D eigenvalue weighted by molar-refractivity contribution is -0.131. The first-order chi connectivity index (χ1) is 19.8. The lowest BCUT2D eigenvalue weighted by Gasteiger charge is -2.33. The molecule has 210 valence electrons. The van der Waals surface area contributed by atoms with E-state index in [1.165, 1.54) is 6.33 Å². The van der Waals surface area contributed by atoms with Crippen LogP contribution in [0.5, 0.6) is 11.5 Å². The molecule has 6 rings (SSSR count). The van der Waals surface area contributed by atoms with Gasteiger partial charge in [-0.15, -0.1) is 0 Å². The number of rotatable bonds is 7. The Kier molecular flexibility index (Phi) is 6.82. The molecule has 10 nitrogen and oxygen atoms in total. The SMILES string of the molecule is NC(=O)C(=CC1CC1)C(=O)N1CCC[C@@H](n2nc(-c3ccc(Oc4cc(F)ccc4F)cc3)c3c(N)ncnc32)C1. The number of nitrogens with two attached hydrogens (primary N) is 2. The molecule has 3 heterocycles. The largest absolute Gasteiger partial charge is 0.454 e. The standard InChI is InChI=1S/C29H27F2N7O3/c30-18-7-10-22(31)23(13-18)41-20-8-5-17(6-9-20)25-24-26(32)34-15-35-28(24)38(36-25)19-2-1-11-37(14-19)29(40)21(27(33)39)12-16-3-4-16/h5-10,12-13,15-16,19H,1-4,11,14H2,(H2,33,39)(H2,32,34,35)/t19-/m1/s1. The third-order valence-corrected chi connectivity index (χ3v) is 7.32. The van der Waals surface area contributed by atoms with Crippen LogP contribution in [0.25, 0.3) is 22.3 Å². The molecule has 0 spiro atoms. The predicted octanol–water partition coefficient (Wildman–Crippen LogP) is 4.13. The van der Waals surface area contributed by atoms with Crippen LogP contribution in [0, 0.1) is 17.6 Å². The number of allylic oxidation sites excluding steroid dienone is 1. The molecule has 41 heavy (non-hydrogen) atoms. The number of carbonyl (C=O) groups is 2. The summed E-state index contributed by atoms with van der Waals surface area (Å²) in [6, 6.07) is 9.44. The number of nitrogen functional groups attached to an aromatic ring is 1. The molecule has 2 amide bonds. The Balaban J connectivity index is 1.30.